The normalized spacial score (nSPS) is 13.4. The molecule has 3 aromatic rings. The molecule has 2 aromatic carbocycles. The quantitative estimate of drug-likeness (QED) is 0.719. The summed E-state index contributed by atoms with van der Waals surface area (Å²) in [5, 5.41) is 9.16. The molecular weight excluding hydrogens is 350 g/mol. The molecule has 1 N–H and O–H groups in total. The van der Waals surface area contributed by atoms with Crippen molar-refractivity contribution in [3.63, 3.8) is 0 Å². The van der Waals surface area contributed by atoms with Crippen LogP contribution in [-0.4, -0.2) is 24.4 Å². The maximum absolute atomic E-state index is 6.13. The molecule has 1 heterocycles. The van der Waals surface area contributed by atoms with Gasteiger partial charge < -0.3 is 14.1 Å². The number of nitrogens with one attached hydrogen (secondary N) is 1. The van der Waals surface area contributed by atoms with Crippen LogP contribution in [0, 0.1) is 6.92 Å². The Hall–Kier alpha value is -2.37. The summed E-state index contributed by atoms with van der Waals surface area (Å²) in [4.78, 5) is 1.20. The van der Waals surface area contributed by atoms with E-state index in [1.165, 1.54) is 4.90 Å². The summed E-state index contributed by atoms with van der Waals surface area (Å²) in [6, 6.07) is 13.7. The SMILES string of the molecule is COc1ccc(Cl)cc1C[NH+](C)[C@@H](C)c1nnc(-c2cccc(C)c2)o1. The molecule has 0 amide bonds. The highest BCUT2D eigenvalue weighted by molar-refractivity contribution is 6.30. The van der Waals surface area contributed by atoms with Gasteiger partial charge in [0, 0.05) is 16.1 Å². The zero-order valence-electron chi connectivity index (χ0n) is 15.4. The van der Waals surface area contributed by atoms with Crippen molar-refractivity contribution >= 4 is 11.6 Å². The number of nitrogens with zero attached hydrogens (tertiary/aromatic N) is 2. The number of benzene rings is 2. The first-order valence-corrected chi connectivity index (χ1v) is 8.91. The molecule has 0 saturated carbocycles. The van der Waals surface area contributed by atoms with E-state index in [1.54, 1.807) is 7.11 Å². The average Bonchev–Trinajstić information content (AvgIpc) is 3.11. The predicted molar refractivity (Wildman–Crippen MR) is 101 cm³/mol. The topological polar surface area (TPSA) is 52.6 Å². The van der Waals surface area contributed by atoms with Crippen molar-refractivity contribution in [1.82, 2.24) is 10.2 Å². The van der Waals surface area contributed by atoms with Gasteiger partial charge in [0.1, 0.15) is 12.3 Å². The minimum absolute atomic E-state index is 0.0322. The van der Waals surface area contributed by atoms with Gasteiger partial charge in [-0.2, -0.15) is 0 Å². The molecule has 0 spiro atoms. The number of ether oxygens (including phenoxy) is 1. The molecule has 2 atom stereocenters. The summed E-state index contributed by atoms with van der Waals surface area (Å²) < 4.78 is 11.4. The molecule has 1 aromatic heterocycles. The largest absolute Gasteiger partial charge is 0.496 e. The van der Waals surface area contributed by atoms with Crippen LogP contribution in [0.4, 0.5) is 0 Å². The monoisotopic (exact) mass is 372 g/mol. The van der Waals surface area contributed by atoms with Crippen LogP contribution in [0.2, 0.25) is 5.02 Å². The minimum atomic E-state index is 0.0322. The fourth-order valence-corrected chi connectivity index (χ4v) is 3.05. The van der Waals surface area contributed by atoms with Crippen molar-refractivity contribution in [3.05, 3.63) is 64.5 Å². The molecule has 0 aliphatic rings. The lowest BCUT2D eigenvalue weighted by Gasteiger charge is -2.20. The number of methoxy groups -OCH3 is 1. The summed E-state index contributed by atoms with van der Waals surface area (Å²) in [6.45, 7) is 4.84. The summed E-state index contributed by atoms with van der Waals surface area (Å²) in [7, 11) is 3.75. The summed E-state index contributed by atoms with van der Waals surface area (Å²) in [5.41, 5.74) is 3.14. The summed E-state index contributed by atoms with van der Waals surface area (Å²) in [6.07, 6.45) is 0. The Bertz CT molecular complexity index is 894. The number of quaternary nitrogens is 1. The van der Waals surface area contributed by atoms with Crippen LogP contribution < -0.4 is 9.64 Å². The molecular formula is C20H23ClN3O2+. The third-order valence-electron chi connectivity index (χ3n) is 4.53. The molecule has 26 heavy (non-hydrogen) atoms. The van der Waals surface area contributed by atoms with Crippen LogP contribution >= 0.6 is 11.6 Å². The second-order valence-corrected chi connectivity index (χ2v) is 6.95. The molecule has 0 aliphatic heterocycles. The van der Waals surface area contributed by atoms with Gasteiger partial charge in [0.2, 0.25) is 5.89 Å². The fraction of sp³-hybridized carbons (Fsp3) is 0.300. The van der Waals surface area contributed by atoms with E-state index in [2.05, 4.69) is 24.2 Å². The molecule has 0 saturated heterocycles. The van der Waals surface area contributed by atoms with E-state index in [-0.39, 0.29) is 6.04 Å². The summed E-state index contributed by atoms with van der Waals surface area (Å²) in [5.74, 6) is 1.98. The van der Waals surface area contributed by atoms with Gasteiger partial charge in [-0.3, -0.25) is 0 Å². The Balaban J connectivity index is 1.77. The lowest BCUT2D eigenvalue weighted by atomic mass is 10.1. The fourth-order valence-electron chi connectivity index (χ4n) is 2.85. The Morgan fingerprint density at radius 1 is 1.19 bits per heavy atom. The highest BCUT2D eigenvalue weighted by atomic mass is 35.5. The van der Waals surface area contributed by atoms with E-state index in [4.69, 9.17) is 20.8 Å². The highest BCUT2D eigenvalue weighted by Crippen LogP contribution is 2.23. The van der Waals surface area contributed by atoms with Crippen molar-refractivity contribution in [2.75, 3.05) is 14.2 Å². The first kappa shape index (κ1) is 18.4. The van der Waals surface area contributed by atoms with E-state index in [1.807, 2.05) is 49.4 Å². The molecule has 0 aliphatic carbocycles. The first-order chi connectivity index (χ1) is 12.5. The molecule has 5 nitrogen and oxygen atoms in total. The van der Waals surface area contributed by atoms with Crippen molar-refractivity contribution in [2.24, 2.45) is 0 Å². The van der Waals surface area contributed by atoms with Crippen LogP contribution in [0.3, 0.4) is 0 Å². The lowest BCUT2D eigenvalue weighted by Crippen LogP contribution is -3.07. The Morgan fingerprint density at radius 2 is 2.00 bits per heavy atom. The molecule has 136 valence electrons. The van der Waals surface area contributed by atoms with Gasteiger partial charge >= 0.3 is 0 Å². The van der Waals surface area contributed by atoms with E-state index in [0.29, 0.717) is 16.8 Å². The average molecular weight is 373 g/mol. The van der Waals surface area contributed by atoms with E-state index in [9.17, 15) is 0 Å². The second kappa shape index (κ2) is 7.89. The third-order valence-corrected chi connectivity index (χ3v) is 4.76. The maximum Gasteiger partial charge on any atom is 0.274 e. The number of aromatic nitrogens is 2. The second-order valence-electron chi connectivity index (χ2n) is 6.52. The molecule has 1 unspecified atom stereocenters. The van der Waals surface area contributed by atoms with Gasteiger partial charge in [-0.05, 0) is 44.2 Å². The van der Waals surface area contributed by atoms with Gasteiger partial charge in [-0.1, -0.05) is 29.3 Å². The van der Waals surface area contributed by atoms with Crippen LogP contribution in [-0.2, 0) is 6.54 Å². The Labute approximate surface area is 158 Å². The minimum Gasteiger partial charge on any atom is -0.496 e. The maximum atomic E-state index is 6.13. The molecule has 0 radical (unpaired) electrons. The molecule has 0 fully saturated rings. The number of hydrogen-bond donors (Lipinski definition) is 1. The van der Waals surface area contributed by atoms with E-state index < -0.39 is 0 Å². The van der Waals surface area contributed by atoms with Gasteiger partial charge in [0.25, 0.3) is 5.89 Å². The zero-order valence-corrected chi connectivity index (χ0v) is 16.2. The lowest BCUT2D eigenvalue weighted by molar-refractivity contribution is -0.925. The van der Waals surface area contributed by atoms with E-state index >= 15 is 0 Å². The molecule has 0 bridgehead atoms. The first-order valence-electron chi connectivity index (χ1n) is 8.53. The van der Waals surface area contributed by atoms with Crippen molar-refractivity contribution in [2.45, 2.75) is 26.4 Å². The smallest absolute Gasteiger partial charge is 0.274 e. The number of hydrogen-bond acceptors (Lipinski definition) is 4. The number of aryl methyl sites for hydroxylation is 1. The van der Waals surface area contributed by atoms with Crippen molar-refractivity contribution < 1.29 is 14.1 Å². The van der Waals surface area contributed by atoms with Crippen LogP contribution in [0.1, 0.15) is 30.0 Å². The van der Waals surface area contributed by atoms with Gasteiger partial charge in [-0.15, -0.1) is 10.2 Å². The van der Waals surface area contributed by atoms with Crippen LogP contribution in [0.25, 0.3) is 11.5 Å². The standard InChI is InChI=1S/C20H22ClN3O2/c1-13-6-5-7-15(10-13)20-23-22-19(26-20)14(2)24(3)12-16-11-17(21)8-9-18(16)25-4/h5-11,14H,12H2,1-4H3/p+1/t14-/m0/s1. The van der Waals surface area contributed by atoms with Crippen molar-refractivity contribution in [3.8, 4) is 17.2 Å². The predicted octanol–water partition coefficient (Wildman–Crippen LogP) is 3.48. The van der Waals surface area contributed by atoms with Crippen LogP contribution in [0.5, 0.6) is 5.75 Å². The van der Waals surface area contributed by atoms with Crippen LogP contribution in [0.15, 0.2) is 46.9 Å². The van der Waals surface area contributed by atoms with Gasteiger partial charge in [0.15, 0.2) is 6.04 Å². The summed E-state index contributed by atoms with van der Waals surface area (Å²) >= 11 is 6.13. The number of halogens is 1. The zero-order chi connectivity index (χ0) is 18.7. The van der Waals surface area contributed by atoms with Gasteiger partial charge in [-0.25, -0.2) is 0 Å². The molecule has 6 heteroatoms. The molecule has 3 rings (SSSR count). The van der Waals surface area contributed by atoms with E-state index in [0.717, 1.165) is 29.0 Å². The number of rotatable bonds is 6. The van der Waals surface area contributed by atoms with Crippen molar-refractivity contribution in [1.29, 1.82) is 0 Å². The van der Waals surface area contributed by atoms with Gasteiger partial charge in [0.05, 0.1) is 14.2 Å². The third kappa shape index (κ3) is 4.06. The Kier molecular flexibility index (Phi) is 5.59. The highest BCUT2D eigenvalue weighted by Gasteiger charge is 2.23. The Morgan fingerprint density at radius 3 is 2.73 bits per heavy atom.